The van der Waals surface area contributed by atoms with Gasteiger partial charge in [-0.1, -0.05) is 23.2 Å². The van der Waals surface area contributed by atoms with Gasteiger partial charge < -0.3 is 5.32 Å². The normalized spacial score (nSPS) is 11.4. The molecule has 0 aliphatic heterocycles. The minimum Gasteiger partial charge on any atom is -0.383 e. The van der Waals surface area contributed by atoms with E-state index in [1.165, 1.54) is 18.2 Å². The van der Waals surface area contributed by atoms with Crippen molar-refractivity contribution in [1.29, 1.82) is 0 Å². The zero-order valence-electron chi connectivity index (χ0n) is 11.8. The van der Waals surface area contributed by atoms with Gasteiger partial charge in [-0.2, -0.15) is 0 Å². The molecule has 0 aliphatic carbocycles. The molecule has 0 bridgehead atoms. The molecule has 0 fully saturated rings. The van der Waals surface area contributed by atoms with Gasteiger partial charge in [-0.3, -0.25) is 4.98 Å². The van der Waals surface area contributed by atoms with Crippen LogP contribution in [0.5, 0.6) is 0 Å². The number of nitrogens with one attached hydrogen (secondary N) is 2. The average molecular weight is 360 g/mol. The van der Waals surface area contributed by atoms with Crippen molar-refractivity contribution in [3.8, 4) is 0 Å². The number of pyridine rings is 1. The van der Waals surface area contributed by atoms with Gasteiger partial charge in [-0.25, -0.2) is 13.1 Å². The predicted octanol–water partition coefficient (Wildman–Crippen LogP) is 3.09. The van der Waals surface area contributed by atoms with Crippen molar-refractivity contribution >= 4 is 38.9 Å². The van der Waals surface area contributed by atoms with E-state index in [4.69, 9.17) is 23.2 Å². The molecule has 0 saturated carbocycles. The summed E-state index contributed by atoms with van der Waals surface area (Å²) in [5, 5.41) is 3.59. The van der Waals surface area contributed by atoms with Gasteiger partial charge in [0.2, 0.25) is 10.0 Å². The maximum Gasteiger partial charge on any atom is 0.242 e. The number of hydrogen-bond donors (Lipinski definition) is 2. The second-order valence-corrected chi connectivity index (χ2v) is 7.17. The summed E-state index contributed by atoms with van der Waals surface area (Å²) in [5.74, 6) is 0. The number of benzene rings is 1. The first-order chi connectivity index (χ1) is 10.4. The first-order valence-electron chi connectivity index (χ1n) is 6.49. The molecular weight excluding hydrogens is 345 g/mol. The molecule has 0 saturated heterocycles. The minimum absolute atomic E-state index is 0.0261. The lowest BCUT2D eigenvalue weighted by molar-refractivity contribution is 0.583. The molecule has 0 radical (unpaired) electrons. The molecule has 1 heterocycles. The summed E-state index contributed by atoms with van der Waals surface area (Å²) in [6, 6.07) is 6.15. The van der Waals surface area contributed by atoms with Crippen molar-refractivity contribution in [2.75, 3.05) is 18.4 Å². The second-order valence-electron chi connectivity index (χ2n) is 4.59. The molecule has 2 aromatic rings. The van der Waals surface area contributed by atoms with Crippen LogP contribution in [0.3, 0.4) is 0 Å². The number of nitrogens with zero attached hydrogens (tertiary/aromatic N) is 1. The quantitative estimate of drug-likeness (QED) is 0.777. The third-order valence-corrected chi connectivity index (χ3v) is 5.11. The molecule has 22 heavy (non-hydrogen) atoms. The Morgan fingerprint density at radius 2 is 1.95 bits per heavy atom. The highest BCUT2D eigenvalue weighted by atomic mass is 35.5. The molecule has 1 aromatic heterocycles. The van der Waals surface area contributed by atoms with Crippen LogP contribution in [0.4, 0.5) is 5.69 Å². The van der Waals surface area contributed by atoms with Gasteiger partial charge in [0.05, 0.1) is 5.02 Å². The summed E-state index contributed by atoms with van der Waals surface area (Å²) in [5.41, 5.74) is 1.90. The topological polar surface area (TPSA) is 71.1 Å². The van der Waals surface area contributed by atoms with E-state index < -0.39 is 10.0 Å². The summed E-state index contributed by atoms with van der Waals surface area (Å²) >= 11 is 11.7. The molecule has 5 nitrogen and oxygen atoms in total. The number of sulfonamides is 1. The summed E-state index contributed by atoms with van der Waals surface area (Å²) < 4.78 is 26.9. The molecule has 8 heteroatoms. The van der Waals surface area contributed by atoms with Gasteiger partial charge in [0, 0.05) is 36.2 Å². The van der Waals surface area contributed by atoms with E-state index in [0.29, 0.717) is 11.6 Å². The minimum atomic E-state index is -3.70. The maximum absolute atomic E-state index is 12.2. The summed E-state index contributed by atoms with van der Waals surface area (Å²) in [6.07, 6.45) is 3.41. The van der Waals surface area contributed by atoms with Gasteiger partial charge in [0.15, 0.2) is 0 Å². The fourth-order valence-electron chi connectivity index (χ4n) is 1.82. The van der Waals surface area contributed by atoms with Gasteiger partial charge >= 0.3 is 0 Å². The Morgan fingerprint density at radius 3 is 2.68 bits per heavy atom. The molecule has 0 unspecified atom stereocenters. The summed E-state index contributed by atoms with van der Waals surface area (Å²) in [4.78, 5) is 3.97. The molecule has 2 N–H and O–H groups in total. The zero-order valence-corrected chi connectivity index (χ0v) is 14.1. The predicted molar refractivity (Wildman–Crippen MR) is 89.1 cm³/mol. The lowest BCUT2D eigenvalue weighted by atomic mass is 10.2. The highest BCUT2D eigenvalue weighted by Gasteiger charge is 2.17. The van der Waals surface area contributed by atoms with Crippen molar-refractivity contribution in [2.24, 2.45) is 0 Å². The first kappa shape index (κ1) is 17.0. The zero-order chi connectivity index (χ0) is 16.2. The summed E-state index contributed by atoms with van der Waals surface area (Å²) in [6.45, 7) is 2.57. The van der Waals surface area contributed by atoms with Crippen molar-refractivity contribution in [3.63, 3.8) is 0 Å². The van der Waals surface area contributed by atoms with E-state index in [0.717, 1.165) is 11.3 Å². The van der Waals surface area contributed by atoms with Crippen LogP contribution in [0.25, 0.3) is 0 Å². The Morgan fingerprint density at radius 1 is 1.18 bits per heavy atom. The Bertz CT molecular complexity index is 766. The highest BCUT2D eigenvalue weighted by molar-refractivity contribution is 7.89. The number of aryl methyl sites for hydroxylation is 1. The molecule has 0 amide bonds. The van der Waals surface area contributed by atoms with E-state index >= 15 is 0 Å². The van der Waals surface area contributed by atoms with E-state index in [1.54, 1.807) is 12.4 Å². The van der Waals surface area contributed by atoms with Gasteiger partial charge in [0.25, 0.3) is 0 Å². The van der Waals surface area contributed by atoms with Crippen LogP contribution in [0, 0.1) is 6.92 Å². The standard InChI is InChI=1S/C14H15Cl2N3O2S/c1-10-9-17-5-4-13(10)18-6-7-19-22(20,21)14-8-11(15)2-3-12(14)16/h2-5,8-9,19H,6-7H2,1H3,(H,17,18). The van der Waals surface area contributed by atoms with Crippen LogP contribution in [0.15, 0.2) is 41.6 Å². The molecule has 0 aliphatic rings. The number of halogens is 2. The number of aromatic nitrogens is 1. The third-order valence-electron chi connectivity index (χ3n) is 2.94. The monoisotopic (exact) mass is 359 g/mol. The number of rotatable bonds is 6. The average Bonchev–Trinajstić information content (AvgIpc) is 2.48. The smallest absolute Gasteiger partial charge is 0.242 e. The van der Waals surface area contributed by atoms with Crippen molar-refractivity contribution < 1.29 is 8.42 Å². The molecule has 1 aromatic carbocycles. The van der Waals surface area contributed by atoms with E-state index in [9.17, 15) is 8.42 Å². The maximum atomic E-state index is 12.2. The van der Waals surface area contributed by atoms with E-state index in [2.05, 4.69) is 15.0 Å². The van der Waals surface area contributed by atoms with Gasteiger partial charge in [-0.15, -0.1) is 0 Å². The Hall–Kier alpha value is -1.34. The van der Waals surface area contributed by atoms with Crippen molar-refractivity contribution in [3.05, 3.63) is 52.3 Å². The molecule has 118 valence electrons. The van der Waals surface area contributed by atoms with Crippen LogP contribution in [0.1, 0.15) is 5.56 Å². The van der Waals surface area contributed by atoms with Crippen molar-refractivity contribution in [2.45, 2.75) is 11.8 Å². The molecule has 0 atom stereocenters. The Kier molecular flexibility index (Phi) is 5.63. The van der Waals surface area contributed by atoms with E-state index in [1.807, 2.05) is 13.0 Å². The van der Waals surface area contributed by atoms with Crippen LogP contribution in [-0.2, 0) is 10.0 Å². The lowest BCUT2D eigenvalue weighted by Crippen LogP contribution is -2.29. The SMILES string of the molecule is Cc1cnccc1NCCNS(=O)(=O)c1cc(Cl)ccc1Cl. The van der Waals surface area contributed by atoms with Crippen LogP contribution in [0.2, 0.25) is 10.0 Å². The number of hydrogen-bond acceptors (Lipinski definition) is 4. The number of anilines is 1. The molecular formula is C14H15Cl2N3O2S. The van der Waals surface area contributed by atoms with Crippen LogP contribution < -0.4 is 10.0 Å². The fraction of sp³-hybridized carbons (Fsp3) is 0.214. The first-order valence-corrected chi connectivity index (χ1v) is 8.73. The van der Waals surface area contributed by atoms with Crippen LogP contribution >= 0.6 is 23.2 Å². The Balaban J connectivity index is 1.96. The van der Waals surface area contributed by atoms with Crippen LogP contribution in [-0.4, -0.2) is 26.5 Å². The summed E-state index contributed by atoms with van der Waals surface area (Å²) in [7, 11) is -3.70. The lowest BCUT2D eigenvalue weighted by Gasteiger charge is -2.11. The second kappa shape index (κ2) is 7.28. The van der Waals surface area contributed by atoms with E-state index in [-0.39, 0.29) is 16.5 Å². The fourth-order valence-corrected chi connectivity index (χ4v) is 3.61. The molecule has 2 rings (SSSR count). The van der Waals surface area contributed by atoms with Gasteiger partial charge in [-0.05, 0) is 36.8 Å². The Labute approximate surface area is 139 Å². The third kappa shape index (κ3) is 4.33. The largest absolute Gasteiger partial charge is 0.383 e. The molecule has 0 spiro atoms. The highest BCUT2D eigenvalue weighted by Crippen LogP contribution is 2.24. The van der Waals surface area contributed by atoms with Gasteiger partial charge in [0.1, 0.15) is 4.90 Å². The van der Waals surface area contributed by atoms with Crippen molar-refractivity contribution in [1.82, 2.24) is 9.71 Å².